The lowest BCUT2D eigenvalue weighted by molar-refractivity contribution is 0.285. The maximum Gasteiger partial charge on any atom is 0.224 e. The van der Waals surface area contributed by atoms with Crippen LogP contribution in [0.2, 0.25) is 0 Å². The third-order valence-electron chi connectivity index (χ3n) is 5.22. The Balaban J connectivity index is 1.51. The smallest absolute Gasteiger partial charge is 0.224 e. The van der Waals surface area contributed by atoms with E-state index in [4.69, 9.17) is 4.74 Å². The topological polar surface area (TPSA) is 47.9 Å². The van der Waals surface area contributed by atoms with Crippen molar-refractivity contribution in [1.82, 2.24) is 15.0 Å². The van der Waals surface area contributed by atoms with E-state index < -0.39 is 0 Å². The van der Waals surface area contributed by atoms with E-state index in [0.717, 1.165) is 23.4 Å². The van der Waals surface area contributed by atoms with Gasteiger partial charge in [0, 0.05) is 29.9 Å². The minimum atomic E-state index is 0.498. The molecule has 0 radical (unpaired) electrons. The Morgan fingerprint density at radius 3 is 2.48 bits per heavy atom. The van der Waals surface area contributed by atoms with Crippen molar-refractivity contribution in [2.75, 3.05) is 6.61 Å². The Labute approximate surface area is 160 Å². The Morgan fingerprint density at radius 1 is 0.926 bits per heavy atom. The van der Waals surface area contributed by atoms with Crippen LogP contribution in [-0.4, -0.2) is 21.6 Å². The van der Waals surface area contributed by atoms with Crippen molar-refractivity contribution in [3.8, 4) is 17.0 Å². The summed E-state index contributed by atoms with van der Waals surface area (Å²) in [5.41, 5.74) is 6.91. The zero-order valence-corrected chi connectivity index (χ0v) is 16.4. The summed E-state index contributed by atoms with van der Waals surface area (Å²) in [4.78, 5) is 13.5. The van der Waals surface area contributed by atoms with Gasteiger partial charge in [0.2, 0.25) is 5.88 Å². The molecule has 4 nitrogen and oxygen atoms in total. The molecule has 2 atom stereocenters. The molecule has 4 heteroatoms. The summed E-state index contributed by atoms with van der Waals surface area (Å²) >= 11 is 0. The monoisotopic (exact) mass is 359 g/mol. The highest BCUT2D eigenvalue weighted by Gasteiger charge is 2.40. The van der Waals surface area contributed by atoms with E-state index in [1.165, 1.54) is 22.4 Å². The van der Waals surface area contributed by atoms with Crippen LogP contribution in [0.25, 0.3) is 11.1 Å². The molecular weight excluding hydrogens is 334 g/mol. The summed E-state index contributed by atoms with van der Waals surface area (Å²) in [6.45, 7) is 8.85. The highest BCUT2D eigenvalue weighted by molar-refractivity contribution is 5.71. The van der Waals surface area contributed by atoms with E-state index in [2.05, 4.69) is 66.1 Å². The lowest BCUT2D eigenvalue weighted by Crippen LogP contribution is -2.06. The van der Waals surface area contributed by atoms with Gasteiger partial charge in [0.05, 0.1) is 12.2 Å². The van der Waals surface area contributed by atoms with E-state index in [1.54, 1.807) is 0 Å². The van der Waals surface area contributed by atoms with Gasteiger partial charge < -0.3 is 4.74 Å². The van der Waals surface area contributed by atoms with Crippen molar-refractivity contribution in [2.24, 2.45) is 5.92 Å². The van der Waals surface area contributed by atoms with Crippen LogP contribution in [0.5, 0.6) is 5.88 Å². The zero-order valence-electron chi connectivity index (χ0n) is 16.4. The molecule has 1 fully saturated rings. The van der Waals surface area contributed by atoms with E-state index in [9.17, 15) is 0 Å². The molecule has 0 bridgehead atoms. The summed E-state index contributed by atoms with van der Waals surface area (Å²) < 4.78 is 6.18. The molecule has 0 N–H and O–H groups in total. The maximum atomic E-state index is 6.18. The van der Waals surface area contributed by atoms with Crippen LogP contribution in [0.4, 0.5) is 0 Å². The predicted molar refractivity (Wildman–Crippen MR) is 107 cm³/mol. The fourth-order valence-corrected chi connectivity index (χ4v) is 3.54. The fraction of sp³-hybridized carbons (Fsp3) is 0.348. The van der Waals surface area contributed by atoms with Gasteiger partial charge in [-0.25, -0.2) is 4.98 Å². The lowest BCUT2D eigenvalue weighted by atomic mass is 10.0. The van der Waals surface area contributed by atoms with Gasteiger partial charge in [-0.3, -0.25) is 4.98 Å². The lowest BCUT2D eigenvalue weighted by Gasteiger charge is -2.13. The molecule has 27 heavy (non-hydrogen) atoms. The van der Waals surface area contributed by atoms with E-state index in [0.29, 0.717) is 24.3 Å². The van der Waals surface area contributed by atoms with Crippen LogP contribution in [0.1, 0.15) is 40.5 Å². The van der Waals surface area contributed by atoms with E-state index >= 15 is 0 Å². The molecule has 2 aromatic heterocycles. The highest BCUT2D eigenvalue weighted by atomic mass is 16.5. The number of pyridine rings is 1. The summed E-state index contributed by atoms with van der Waals surface area (Å²) in [7, 11) is 0. The third-order valence-corrected chi connectivity index (χ3v) is 5.22. The van der Waals surface area contributed by atoms with Crippen molar-refractivity contribution in [1.29, 1.82) is 0 Å². The van der Waals surface area contributed by atoms with Crippen LogP contribution < -0.4 is 4.74 Å². The van der Waals surface area contributed by atoms with Crippen LogP contribution in [-0.2, 0) is 0 Å². The second-order valence-electron chi connectivity index (χ2n) is 7.63. The molecule has 0 unspecified atom stereocenters. The van der Waals surface area contributed by atoms with Crippen molar-refractivity contribution < 1.29 is 4.74 Å². The van der Waals surface area contributed by atoms with Crippen molar-refractivity contribution in [3.05, 3.63) is 70.9 Å². The predicted octanol–water partition coefficient (Wildman–Crippen LogP) is 4.95. The molecule has 1 aliphatic rings. The molecule has 0 spiro atoms. The molecular formula is C23H25N3O. The first-order valence-electron chi connectivity index (χ1n) is 9.48. The summed E-state index contributed by atoms with van der Waals surface area (Å²) in [6.07, 6.45) is 4.94. The van der Waals surface area contributed by atoms with Gasteiger partial charge in [-0.05, 0) is 56.9 Å². The SMILES string of the molecule is Cc1ccc([C@H]2C[C@@H]2COc2nc(C)ncc2-c2ccc(C)cc2C)nc1. The molecule has 3 aromatic rings. The van der Waals surface area contributed by atoms with Gasteiger partial charge >= 0.3 is 0 Å². The quantitative estimate of drug-likeness (QED) is 0.646. The minimum absolute atomic E-state index is 0.498. The van der Waals surface area contributed by atoms with Crippen molar-refractivity contribution in [2.45, 2.75) is 40.0 Å². The molecule has 0 saturated heterocycles. The summed E-state index contributed by atoms with van der Waals surface area (Å²) in [6, 6.07) is 10.7. The van der Waals surface area contributed by atoms with Gasteiger partial charge in [-0.2, -0.15) is 4.98 Å². The number of rotatable bonds is 5. The van der Waals surface area contributed by atoms with E-state index in [-0.39, 0.29) is 0 Å². The van der Waals surface area contributed by atoms with E-state index in [1.807, 2.05) is 19.3 Å². The van der Waals surface area contributed by atoms with Gasteiger partial charge in [0.15, 0.2) is 0 Å². The fourth-order valence-electron chi connectivity index (χ4n) is 3.54. The molecule has 4 rings (SSSR count). The first-order chi connectivity index (χ1) is 13.0. The molecule has 0 amide bonds. The Hall–Kier alpha value is -2.75. The number of hydrogen-bond acceptors (Lipinski definition) is 4. The molecule has 0 aliphatic heterocycles. The first kappa shape index (κ1) is 17.7. The Kier molecular flexibility index (Phi) is 4.65. The molecule has 2 heterocycles. The van der Waals surface area contributed by atoms with Crippen molar-refractivity contribution in [3.63, 3.8) is 0 Å². The number of nitrogens with zero attached hydrogens (tertiary/aromatic N) is 3. The Morgan fingerprint density at radius 2 is 1.74 bits per heavy atom. The van der Waals surface area contributed by atoms with Gasteiger partial charge in [-0.15, -0.1) is 0 Å². The highest BCUT2D eigenvalue weighted by Crippen LogP contribution is 2.47. The molecule has 1 aromatic carbocycles. The van der Waals surface area contributed by atoms with Gasteiger partial charge in [0.25, 0.3) is 0 Å². The van der Waals surface area contributed by atoms with Gasteiger partial charge in [0.1, 0.15) is 5.82 Å². The van der Waals surface area contributed by atoms with Gasteiger partial charge in [-0.1, -0.05) is 29.8 Å². The van der Waals surface area contributed by atoms with Crippen LogP contribution in [0, 0.1) is 33.6 Å². The second kappa shape index (κ2) is 7.10. The third kappa shape index (κ3) is 3.85. The number of hydrogen-bond donors (Lipinski definition) is 0. The molecule has 138 valence electrons. The molecule has 1 aliphatic carbocycles. The first-order valence-corrected chi connectivity index (χ1v) is 9.48. The van der Waals surface area contributed by atoms with Crippen LogP contribution in [0.3, 0.4) is 0 Å². The second-order valence-corrected chi connectivity index (χ2v) is 7.63. The summed E-state index contributed by atoms with van der Waals surface area (Å²) in [5, 5.41) is 0. The summed E-state index contributed by atoms with van der Waals surface area (Å²) in [5.74, 6) is 2.41. The normalized spacial score (nSPS) is 18.4. The maximum absolute atomic E-state index is 6.18. The zero-order chi connectivity index (χ0) is 19.0. The van der Waals surface area contributed by atoms with Crippen molar-refractivity contribution >= 4 is 0 Å². The number of aryl methyl sites for hydroxylation is 4. The van der Waals surface area contributed by atoms with Crippen LogP contribution in [0.15, 0.2) is 42.7 Å². The average molecular weight is 359 g/mol. The molecule has 1 saturated carbocycles. The number of ether oxygens (including phenoxy) is 1. The number of benzene rings is 1. The minimum Gasteiger partial charge on any atom is -0.477 e. The number of aromatic nitrogens is 3. The Bertz CT molecular complexity index is 966. The average Bonchev–Trinajstić information content (AvgIpc) is 3.41. The standard InChI is InChI=1S/C23H25N3O/c1-14-5-7-19(16(3)9-14)21-12-24-17(4)26-23(21)27-13-18-10-20(18)22-8-6-15(2)11-25-22/h5-9,11-12,18,20H,10,13H2,1-4H3/t18-,20+/m1/s1. The largest absolute Gasteiger partial charge is 0.477 e. The van der Waals surface area contributed by atoms with Crippen LogP contribution >= 0.6 is 0 Å².